The maximum atomic E-state index is 9.94. The van der Waals surface area contributed by atoms with Crippen LogP contribution >= 0.6 is 0 Å². The van der Waals surface area contributed by atoms with Gasteiger partial charge in [0, 0.05) is 19.7 Å². The molecule has 1 aliphatic rings. The molecule has 0 aromatic heterocycles. The maximum Gasteiger partial charge on any atom is 0.0702 e. The van der Waals surface area contributed by atoms with E-state index >= 15 is 0 Å². The molecule has 96 valence electrons. The Balaban J connectivity index is 2.16. The second-order valence-corrected chi connectivity index (χ2v) is 6.07. The molecular formula is C13H27NO2. The fraction of sp³-hybridized carbons (Fsp3) is 1.00. The lowest BCUT2D eigenvalue weighted by Crippen LogP contribution is -2.34. The number of aliphatic hydroxyl groups is 1. The lowest BCUT2D eigenvalue weighted by Gasteiger charge is -2.28. The van der Waals surface area contributed by atoms with Crippen molar-refractivity contribution in [2.45, 2.75) is 52.2 Å². The van der Waals surface area contributed by atoms with Crippen molar-refractivity contribution in [3.8, 4) is 0 Å². The van der Waals surface area contributed by atoms with E-state index in [4.69, 9.17) is 4.74 Å². The molecule has 0 radical (unpaired) electrons. The fourth-order valence-electron chi connectivity index (χ4n) is 2.00. The van der Waals surface area contributed by atoms with E-state index in [-0.39, 0.29) is 11.5 Å². The van der Waals surface area contributed by atoms with Crippen LogP contribution in [0, 0.1) is 5.41 Å². The number of hydrogen-bond acceptors (Lipinski definition) is 3. The molecule has 0 spiro atoms. The first kappa shape index (κ1) is 13.9. The predicted octanol–water partition coefficient (Wildman–Crippen LogP) is 1.89. The summed E-state index contributed by atoms with van der Waals surface area (Å²) in [4.78, 5) is 2.27. The van der Waals surface area contributed by atoms with Crippen molar-refractivity contribution < 1.29 is 9.84 Å². The molecule has 2 unspecified atom stereocenters. The maximum absolute atomic E-state index is 9.94. The van der Waals surface area contributed by atoms with E-state index in [2.05, 4.69) is 32.7 Å². The van der Waals surface area contributed by atoms with Crippen molar-refractivity contribution in [3.05, 3.63) is 0 Å². The van der Waals surface area contributed by atoms with Crippen LogP contribution in [0.5, 0.6) is 0 Å². The highest BCUT2D eigenvalue weighted by molar-refractivity contribution is 4.75. The summed E-state index contributed by atoms with van der Waals surface area (Å²) < 4.78 is 5.59. The molecule has 1 rings (SSSR count). The van der Waals surface area contributed by atoms with Crippen LogP contribution in [-0.4, -0.2) is 49.0 Å². The molecule has 0 saturated carbocycles. The van der Waals surface area contributed by atoms with Crippen LogP contribution in [0.4, 0.5) is 0 Å². The van der Waals surface area contributed by atoms with Crippen molar-refractivity contribution in [2.75, 3.05) is 26.7 Å². The Kier molecular flexibility index (Phi) is 5.22. The van der Waals surface area contributed by atoms with E-state index in [1.54, 1.807) is 0 Å². The van der Waals surface area contributed by atoms with Gasteiger partial charge in [0.1, 0.15) is 0 Å². The molecule has 1 aliphatic heterocycles. The average Bonchev–Trinajstić information content (AvgIpc) is 2.65. The molecule has 3 nitrogen and oxygen atoms in total. The van der Waals surface area contributed by atoms with Crippen LogP contribution in [0.25, 0.3) is 0 Å². The van der Waals surface area contributed by atoms with E-state index in [0.29, 0.717) is 6.10 Å². The van der Waals surface area contributed by atoms with E-state index < -0.39 is 0 Å². The number of rotatable bonds is 5. The molecule has 16 heavy (non-hydrogen) atoms. The second-order valence-electron chi connectivity index (χ2n) is 6.07. The van der Waals surface area contributed by atoms with Crippen LogP contribution in [0.1, 0.15) is 40.0 Å². The molecule has 3 heteroatoms. The first-order chi connectivity index (χ1) is 7.39. The standard InChI is InChI=1S/C13H27NO2/c1-13(2,3)12(15)7-8-14(4)10-11-6-5-9-16-11/h11-12,15H,5-10H2,1-4H3. The largest absolute Gasteiger partial charge is 0.393 e. The molecule has 0 aromatic rings. The van der Waals surface area contributed by atoms with Crippen LogP contribution in [0.3, 0.4) is 0 Å². The van der Waals surface area contributed by atoms with Gasteiger partial charge < -0.3 is 14.7 Å². The SMILES string of the molecule is CN(CCC(O)C(C)(C)C)CC1CCCO1. The predicted molar refractivity (Wildman–Crippen MR) is 66.5 cm³/mol. The van der Waals surface area contributed by atoms with Gasteiger partial charge >= 0.3 is 0 Å². The van der Waals surface area contributed by atoms with Gasteiger partial charge in [-0.25, -0.2) is 0 Å². The molecule has 1 saturated heterocycles. The minimum absolute atomic E-state index is 0.00923. The topological polar surface area (TPSA) is 32.7 Å². The summed E-state index contributed by atoms with van der Waals surface area (Å²) in [7, 11) is 2.11. The molecule has 1 N–H and O–H groups in total. The third-order valence-corrected chi connectivity index (χ3v) is 3.32. The van der Waals surface area contributed by atoms with Crippen molar-refractivity contribution in [1.29, 1.82) is 0 Å². The Morgan fingerprint density at radius 1 is 1.44 bits per heavy atom. The first-order valence-electron chi connectivity index (χ1n) is 6.38. The molecule has 1 heterocycles. The van der Waals surface area contributed by atoms with Crippen LogP contribution < -0.4 is 0 Å². The highest BCUT2D eigenvalue weighted by Crippen LogP contribution is 2.21. The first-order valence-corrected chi connectivity index (χ1v) is 6.38. The number of likely N-dealkylation sites (N-methyl/N-ethyl adjacent to an activating group) is 1. The summed E-state index contributed by atoms with van der Waals surface area (Å²) in [6.45, 7) is 9.10. The Hall–Kier alpha value is -0.120. The van der Waals surface area contributed by atoms with Gasteiger partial charge in [-0.3, -0.25) is 0 Å². The van der Waals surface area contributed by atoms with Gasteiger partial charge in [0.15, 0.2) is 0 Å². The zero-order valence-electron chi connectivity index (χ0n) is 11.2. The number of ether oxygens (including phenoxy) is 1. The van der Waals surface area contributed by atoms with Gasteiger partial charge in [-0.15, -0.1) is 0 Å². The summed E-state index contributed by atoms with van der Waals surface area (Å²) in [6.07, 6.45) is 3.42. The normalized spacial score (nSPS) is 24.0. The molecule has 0 aromatic carbocycles. The van der Waals surface area contributed by atoms with Gasteiger partial charge in [0.05, 0.1) is 12.2 Å². The molecular weight excluding hydrogens is 202 g/mol. The summed E-state index contributed by atoms with van der Waals surface area (Å²) in [6, 6.07) is 0. The summed E-state index contributed by atoms with van der Waals surface area (Å²) in [5.74, 6) is 0. The molecule has 0 amide bonds. The van der Waals surface area contributed by atoms with Crippen molar-refractivity contribution in [3.63, 3.8) is 0 Å². The highest BCUT2D eigenvalue weighted by atomic mass is 16.5. The van der Waals surface area contributed by atoms with Gasteiger partial charge in [0.2, 0.25) is 0 Å². The van der Waals surface area contributed by atoms with E-state index in [1.165, 1.54) is 12.8 Å². The second kappa shape index (κ2) is 5.99. The quantitative estimate of drug-likeness (QED) is 0.781. The summed E-state index contributed by atoms with van der Waals surface area (Å²) >= 11 is 0. The van der Waals surface area contributed by atoms with Gasteiger partial charge in [0.25, 0.3) is 0 Å². The van der Waals surface area contributed by atoms with Crippen LogP contribution in [0.2, 0.25) is 0 Å². The number of aliphatic hydroxyl groups excluding tert-OH is 1. The van der Waals surface area contributed by atoms with Gasteiger partial charge in [-0.1, -0.05) is 20.8 Å². The molecule has 1 fully saturated rings. The van der Waals surface area contributed by atoms with Crippen molar-refractivity contribution >= 4 is 0 Å². The lowest BCUT2D eigenvalue weighted by atomic mass is 9.87. The molecule has 0 aliphatic carbocycles. The Labute approximate surface area is 99.8 Å². The third-order valence-electron chi connectivity index (χ3n) is 3.32. The Morgan fingerprint density at radius 3 is 2.62 bits per heavy atom. The summed E-state index contributed by atoms with van der Waals surface area (Å²) in [5.41, 5.74) is -0.00923. The van der Waals surface area contributed by atoms with E-state index in [0.717, 1.165) is 26.1 Å². The van der Waals surface area contributed by atoms with Crippen LogP contribution in [0.15, 0.2) is 0 Å². The average molecular weight is 229 g/mol. The Bertz CT molecular complexity index is 195. The van der Waals surface area contributed by atoms with Crippen LogP contribution in [-0.2, 0) is 4.74 Å². The number of hydrogen-bond donors (Lipinski definition) is 1. The van der Waals surface area contributed by atoms with E-state index in [1.807, 2.05) is 0 Å². The number of nitrogens with zero attached hydrogens (tertiary/aromatic N) is 1. The molecule has 0 bridgehead atoms. The highest BCUT2D eigenvalue weighted by Gasteiger charge is 2.23. The van der Waals surface area contributed by atoms with Gasteiger partial charge in [-0.05, 0) is 31.7 Å². The monoisotopic (exact) mass is 229 g/mol. The minimum Gasteiger partial charge on any atom is -0.393 e. The van der Waals surface area contributed by atoms with Gasteiger partial charge in [-0.2, -0.15) is 0 Å². The minimum atomic E-state index is -0.223. The zero-order chi connectivity index (χ0) is 12.2. The Morgan fingerprint density at radius 2 is 2.12 bits per heavy atom. The third kappa shape index (κ3) is 4.81. The zero-order valence-corrected chi connectivity index (χ0v) is 11.2. The lowest BCUT2D eigenvalue weighted by molar-refractivity contribution is 0.0384. The van der Waals surface area contributed by atoms with E-state index in [9.17, 15) is 5.11 Å². The smallest absolute Gasteiger partial charge is 0.0702 e. The van der Waals surface area contributed by atoms with Crippen molar-refractivity contribution in [2.24, 2.45) is 5.41 Å². The molecule has 2 atom stereocenters. The van der Waals surface area contributed by atoms with Crippen molar-refractivity contribution in [1.82, 2.24) is 4.90 Å². The fourth-order valence-corrected chi connectivity index (χ4v) is 2.00. The summed E-state index contributed by atoms with van der Waals surface area (Å²) in [5, 5.41) is 9.94.